The van der Waals surface area contributed by atoms with E-state index in [-0.39, 0.29) is 4.90 Å². The van der Waals surface area contributed by atoms with Crippen LogP contribution in [0.5, 0.6) is 0 Å². The second kappa shape index (κ2) is 7.94. The van der Waals surface area contributed by atoms with Crippen molar-refractivity contribution in [2.45, 2.75) is 38.5 Å². The zero-order chi connectivity index (χ0) is 21.3. The van der Waals surface area contributed by atoms with E-state index in [0.717, 1.165) is 24.6 Å². The lowest BCUT2D eigenvalue weighted by atomic mass is 10.3. The summed E-state index contributed by atoms with van der Waals surface area (Å²) in [7, 11) is -3.71. The number of H-pyrrole nitrogens is 1. The number of aryl methyl sites for hydroxylation is 3. The standard InChI is InChI=1S/C20H25N7O2S/c1-13-20(14(2)25-24-13)30(28,29)26-17-8-6-16(7-9-17)23-18-12-19(22-15(3)21-18)27-10-4-5-11-27/h6-9,12,26H,4-5,10-11H2,1-3H3,(H,24,25)(H,21,22,23). The van der Waals surface area contributed by atoms with Gasteiger partial charge in [0.15, 0.2) is 0 Å². The van der Waals surface area contributed by atoms with E-state index < -0.39 is 10.0 Å². The van der Waals surface area contributed by atoms with Crippen LogP contribution in [0.2, 0.25) is 0 Å². The first-order valence-electron chi connectivity index (χ1n) is 9.84. The van der Waals surface area contributed by atoms with Crippen molar-refractivity contribution < 1.29 is 8.42 Å². The van der Waals surface area contributed by atoms with Crippen molar-refractivity contribution in [3.8, 4) is 0 Å². The number of nitrogens with zero attached hydrogens (tertiary/aromatic N) is 4. The Bertz CT molecular complexity index is 1130. The topological polar surface area (TPSA) is 116 Å². The zero-order valence-electron chi connectivity index (χ0n) is 17.2. The van der Waals surface area contributed by atoms with E-state index in [1.165, 1.54) is 12.8 Å². The molecule has 0 aliphatic carbocycles. The third kappa shape index (κ3) is 4.23. The van der Waals surface area contributed by atoms with E-state index in [1.54, 1.807) is 38.1 Å². The lowest BCUT2D eigenvalue weighted by Crippen LogP contribution is -2.19. The number of nitrogens with one attached hydrogen (secondary N) is 3. The quantitative estimate of drug-likeness (QED) is 0.553. The van der Waals surface area contributed by atoms with Gasteiger partial charge in [-0.3, -0.25) is 9.82 Å². The Labute approximate surface area is 176 Å². The third-order valence-electron chi connectivity index (χ3n) is 4.99. The first-order chi connectivity index (χ1) is 14.3. The Kier molecular flexibility index (Phi) is 5.33. The van der Waals surface area contributed by atoms with Gasteiger partial charge in [0.25, 0.3) is 10.0 Å². The molecule has 3 N–H and O–H groups in total. The minimum absolute atomic E-state index is 0.176. The van der Waals surface area contributed by atoms with Crippen molar-refractivity contribution in [2.75, 3.05) is 28.0 Å². The van der Waals surface area contributed by atoms with Gasteiger partial charge in [0.2, 0.25) is 0 Å². The molecule has 158 valence electrons. The number of aromatic nitrogens is 4. The van der Waals surface area contributed by atoms with Crippen molar-refractivity contribution in [3.63, 3.8) is 0 Å². The van der Waals surface area contributed by atoms with Crippen LogP contribution in [0.25, 0.3) is 0 Å². The minimum Gasteiger partial charge on any atom is -0.356 e. The molecule has 30 heavy (non-hydrogen) atoms. The van der Waals surface area contributed by atoms with Crippen molar-refractivity contribution in [2.24, 2.45) is 0 Å². The van der Waals surface area contributed by atoms with Crippen LogP contribution < -0.4 is 14.9 Å². The Morgan fingerprint density at radius 2 is 1.67 bits per heavy atom. The maximum Gasteiger partial charge on any atom is 0.265 e. The molecule has 0 unspecified atom stereocenters. The van der Waals surface area contributed by atoms with Crippen molar-refractivity contribution >= 4 is 33.0 Å². The number of aromatic amines is 1. The summed E-state index contributed by atoms with van der Waals surface area (Å²) in [5.74, 6) is 2.34. The maximum atomic E-state index is 12.7. The summed E-state index contributed by atoms with van der Waals surface area (Å²) < 4.78 is 27.9. The molecule has 2 aromatic heterocycles. The first kappa shape index (κ1) is 20.1. The Balaban J connectivity index is 1.49. The Morgan fingerprint density at radius 1 is 1.00 bits per heavy atom. The van der Waals surface area contributed by atoms with Gasteiger partial charge in [-0.25, -0.2) is 18.4 Å². The molecule has 0 spiro atoms. The monoisotopic (exact) mass is 427 g/mol. The zero-order valence-corrected chi connectivity index (χ0v) is 18.0. The summed E-state index contributed by atoms with van der Waals surface area (Å²) in [4.78, 5) is 11.4. The molecule has 1 saturated heterocycles. The summed E-state index contributed by atoms with van der Waals surface area (Å²) in [5.41, 5.74) is 2.22. The molecule has 3 aromatic rings. The van der Waals surface area contributed by atoms with Gasteiger partial charge in [0.1, 0.15) is 22.4 Å². The van der Waals surface area contributed by atoms with Crippen LogP contribution in [-0.2, 0) is 10.0 Å². The van der Waals surface area contributed by atoms with E-state index >= 15 is 0 Å². The van der Waals surface area contributed by atoms with Crippen LogP contribution in [0.4, 0.5) is 23.0 Å². The molecule has 4 rings (SSSR count). The molecule has 0 radical (unpaired) electrons. The molecule has 0 atom stereocenters. The van der Waals surface area contributed by atoms with E-state index in [0.29, 0.717) is 28.7 Å². The molecule has 3 heterocycles. The average molecular weight is 428 g/mol. The average Bonchev–Trinajstić information content (AvgIpc) is 3.33. The molecule has 10 heteroatoms. The SMILES string of the molecule is Cc1nc(Nc2ccc(NS(=O)(=O)c3c(C)n[nH]c3C)cc2)cc(N2CCCC2)n1. The van der Waals surface area contributed by atoms with E-state index in [2.05, 4.69) is 35.1 Å². The van der Waals surface area contributed by atoms with Gasteiger partial charge in [-0.15, -0.1) is 0 Å². The van der Waals surface area contributed by atoms with Gasteiger partial charge in [0.05, 0.1) is 11.4 Å². The highest BCUT2D eigenvalue weighted by atomic mass is 32.2. The van der Waals surface area contributed by atoms with Crippen molar-refractivity contribution in [1.82, 2.24) is 20.2 Å². The highest BCUT2D eigenvalue weighted by molar-refractivity contribution is 7.92. The molecular formula is C20H25N7O2S. The summed E-state index contributed by atoms with van der Waals surface area (Å²) in [6.07, 6.45) is 2.36. The highest BCUT2D eigenvalue weighted by Crippen LogP contribution is 2.25. The van der Waals surface area contributed by atoms with Gasteiger partial charge >= 0.3 is 0 Å². The summed E-state index contributed by atoms with van der Waals surface area (Å²) in [6, 6.07) is 8.97. The van der Waals surface area contributed by atoms with Gasteiger partial charge in [-0.1, -0.05) is 0 Å². The second-order valence-corrected chi connectivity index (χ2v) is 9.04. The van der Waals surface area contributed by atoms with E-state index in [4.69, 9.17) is 0 Å². The Hall–Kier alpha value is -3.14. The number of sulfonamides is 1. The second-order valence-electron chi connectivity index (χ2n) is 7.42. The fourth-order valence-corrected chi connectivity index (χ4v) is 5.07. The number of hydrogen-bond donors (Lipinski definition) is 3. The summed E-state index contributed by atoms with van der Waals surface area (Å²) in [6.45, 7) is 7.25. The third-order valence-corrected chi connectivity index (χ3v) is 6.64. The minimum atomic E-state index is -3.71. The Morgan fingerprint density at radius 3 is 2.30 bits per heavy atom. The molecular weight excluding hydrogens is 402 g/mol. The summed E-state index contributed by atoms with van der Waals surface area (Å²) >= 11 is 0. The molecule has 9 nitrogen and oxygen atoms in total. The van der Waals surface area contributed by atoms with Gasteiger partial charge in [-0.2, -0.15) is 5.10 Å². The van der Waals surface area contributed by atoms with Gasteiger partial charge in [-0.05, 0) is 57.9 Å². The molecule has 1 aliphatic rings. The molecule has 1 fully saturated rings. The predicted molar refractivity (Wildman–Crippen MR) is 117 cm³/mol. The van der Waals surface area contributed by atoms with E-state index in [9.17, 15) is 8.42 Å². The largest absolute Gasteiger partial charge is 0.356 e. The lowest BCUT2D eigenvalue weighted by Gasteiger charge is -2.18. The number of hydrogen-bond acceptors (Lipinski definition) is 7. The lowest BCUT2D eigenvalue weighted by molar-refractivity contribution is 0.600. The van der Waals surface area contributed by atoms with Gasteiger partial charge < -0.3 is 10.2 Å². The van der Waals surface area contributed by atoms with Crippen LogP contribution in [-0.4, -0.2) is 41.7 Å². The fraction of sp³-hybridized carbons (Fsp3) is 0.350. The molecule has 0 saturated carbocycles. The van der Waals surface area contributed by atoms with Crippen LogP contribution in [0.3, 0.4) is 0 Å². The predicted octanol–water partition coefficient (Wildman–Crippen LogP) is 3.27. The smallest absolute Gasteiger partial charge is 0.265 e. The highest BCUT2D eigenvalue weighted by Gasteiger charge is 2.22. The number of rotatable bonds is 6. The van der Waals surface area contributed by atoms with E-state index in [1.807, 2.05) is 13.0 Å². The van der Waals surface area contributed by atoms with Gasteiger partial charge in [0, 0.05) is 30.5 Å². The van der Waals surface area contributed by atoms with Crippen LogP contribution in [0.1, 0.15) is 30.1 Å². The van der Waals surface area contributed by atoms with Crippen LogP contribution in [0.15, 0.2) is 35.2 Å². The first-order valence-corrected chi connectivity index (χ1v) is 11.3. The molecule has 0 amide bonds. The van der Waals surface area contributed by atoms with Crippen LogP contribution >= 0.6 is 0 Å². The normalized spacial score (nSPS) is 14.2. The van der Waals surface area contributed by atoms with Crippen LogP contribution in [0, 0.1) is 20.8 Å². The number of benzene rings is 1. The summed E-state index contributed by atoms with van der Waals surface area (Å²) in [5, 5.41) is 9.93. The number of anilines is 4. The fourth-order valence-electron chi connectivity index (χ4n) is 3.64. The molecule has 1 aliphatic heterocycles. The van der Waals surface area contributed by atoms with Crippen molar-refractivity contribution in [1.29, 1.82) is 0 Å². The molecule has 1 aromatic carbocycles. The van der Waals surface area contributed by atoms with Crippen molar-refractivity contribution in [3.05, 3.63) is 47.5 Å². The maximum absolute atomic E-state index is 12.7. The molecule has 0 bridgehead atoms.